The van der Waals surface area contributed by atoms with Crippen molar-refractivity contribution in [1.82, 2.24) is 19.7 Å². The maximum atomic E-state index is 13.5. The van der Waals surface area contributed by atoms with Crippen molar-refractivity contribution in [2.75, 3.05) is 11.9 Å². The van der Waals surface area contributed by atoms with Crippen LogP contribution in [0.3, 0.4) is 0 Å². The fraction of sp³-hybridized carbons (Fsp3) is 0.588. The summed E-state index contributed by atoms with van der Waals surface area (Å²) in [7, 11) is 0. The van der Waals surface area contributed by atoms with Crippen molar-refractivity contribution >= 4 is 23.1 Å². The second-order valence-corrected chi connectivity index (χ2v) is 7.69. The molecule has 3 atom stereocenters. The third-order valence-electron chi connectivity index (χ3n) is 5.29. The summed E-state index contributed by atoms with van der Waals surface area (Å²) in [5, 5.41) is 9.12. The van der Waals surface area contributed by atoms with Crippen molar-refractivity contribution in [3.05, 3.63) is 28.3 Å². The Morgan fingerprint density at radius 2 is 2.26 bits per heavy atom. The zero-order valence-electron chi connectivity index (χ0n) is 14.7. The number of halogens is 3. The standard InChI is InChI=1S/C17H20F3N5OS/c1-2-10-6-14(17(18,19)20)25-15(22-10)7-11(23-25)13-4-3-5-24(13)16(26)12-8-27-9-21-12/h7-10,13-14,22H,2-6H2,1H3/t10-,13-,14-/m1/s1. The van der Waals surface area contributed by atoms with Gasteiger partial charge in [-0.3, -0.25) is 4.79 Å². The molecule has 0 spiro atoms. The highest BCUT2D eigenvalue weighted by molar-refractivity contribution is 7.07. The Labute approximate surface area is 158 Å². The van der Waals surface area contributed by atoms with E-state index >= 15 is 0 Å². The molecule has 0 unspecified atom stereocenters. The maximum absolute atomic E-state index is 13.5. The molecule has 1 N–H and O–H groups in total. The molecule has 0 aliphatic carbocycles. The first-order chi connectivity index (χ1) is 12.9. The number of thiazole rings is 1. The molecule has 1 saturated heterocycles. The van der Waals surface area contributed by atoms with Crippen LogP contribution in [0.15, 0.2) is 17.0 Å². The Balaban J connectivity index is 1.65. The fourth-order valence-corrected chi connectivity index (χ4v) is 4.41. The number of carbonyl (C=O) groups excluding carboxylic acids is 1. The lowest BCUT2D eigenvalue weighted by Crippen LogP contribution is -2.39. The van der Waals surface area contributed by atoms with Gasteiger partial charge in [0.2, 0.25) is 0 Å². The molecule has 2 aromatic heterocycles. The van der Waals surface area contributed by atoms with Crippen LogP contribution in [0.2, 0.25) is 0 Å². The number of alkyl halides is 3. The maximum Gasteiger partial charge on any atom is 0.410 e. The van der Waals surface area contributed by atoms with Crippen LogP contribution in [0.1, 0.15) is 60.9 Å². The number of nitrogens with one attached hydrogen (secondary N) is 1. The van der Waals surface area contributed by atoms with Crippen LogP contribution >= 0.6 is 11.3 Å². The van der Waals surface area contributed by atoms with Gasteiger partial charge in [-0.15, -0.1) is 11.3 Å². The topological polar surface area (TPSA) is 63.1 Å². The summed E-state index contributed by atoms with van der Waals surface area (Å²) in [6.07, 6.45) is -2.33. The van der Waals surface area contributed by atoms with E-state index in [2.05, 4.69) is 15.4 Å². The molecule has 2 aromatic rings. The van der Waals surface area contributed by atoms with Crippen LogP contribution in [0.5, 0.6) is 0 Å². The molecule has 1 amide bonds. The van der Waals surface area contributed by atoms with Gasteiger partial charge < -0.3 is 10.2 Å². The largest absolute Gasteiger partial charge is 0.410 e. The van der Waals surface area contributed by atoms with E-state index in [-0.39, 0.29) is 24.4 Å². The lowest BCUT2D eigenvalue weighted by atomic mass is 10.0. The molecule has 146 valence electrons. The van der Waals surface area contributed by atoms with Crippen molar-refractivity contribution in [2.45, 2.75) is 56.9 Å². The molecule has 4 heterocycles. The van der Waals surface area contributed by atoms with Crippen LogP contribution in [0.4, 0.5) is 19.0 Å². The number of hydrogen-bond acceptors (Lipinski definition) is 5. The Morgan fingerprint density at radius 1 is 1.44 bits per heavy atom. The normalized spacial score (nSPS) is 25.3. The molecule has 10 heteroatoms. The fourth-order valence-electron chi connectivity index (χ4n) is 3.88. The Morgan fingerprint density at radius 3 is 2.93 bits per heavy atom. The Kier molecular flexibility index (Phi) is 4.61. The van der Waals surface area contributed by atoms with Crippen molar-refractivity contribution in [2.24, 2.45) is 0 Å². The Hall–Kier alpha value is -2.10. The molecule has 2 aliphatic rings. The summed E-state index contributed by atoms with van der Waals surface area (Å²) in [5.41, 5.74) is 2.47. The third kappa shape index (κ3) is 3.30. The zero-order chi connectivity index (χ0) is 19.2. The minimum atomic E-state index is -4.36. The SMILES string of the molecule is CC[C@@H]1C[C@H](C(F)(F)F)n2nc([C@H]3CCCN3C(=O)c3cscn3)cc2N1. The van der Waals surface area contributed by atoms with Gasteiger partial charge in [-0.25, -0.2) is 9.67 Å². The zero-order valence-corrected chi connectivity index (χ0v) is 15.6. The van der Waals surface area contributed by atoms with Gasteiger partial charge in [0, 0.05) is 24.0 Å². The van der Waals surface area contributed by atoms with Gasteiger partial charge in [0.15, 0.2) is 6.04 Å². The monoisotopic (exact) mass is 399 g/mol. The summed E-state index contributed by atoms with van der Waals surface area (Å²) in [6.45, 7) is 2.42. The van der Waals surface area contributed by atoms with Crippen LogP contribution in [-0.2, 0) is 0 Å². The van der Waals surface area contributed by atoms with E-state index in [1.165, 1.54) is 11.3 Å². The molecule has 1 fully saturated rings. The Bertz CT molecular complexity index is 819. The first kappa shape index (κ1) is 18.3. The predicted octanol–water partition coefficient (Wildman–Crippen LogP) is 4.01. The summed E-state index contributed by atoms with van der Waals surface area (Å²) in [6, 6.07) is -0.549. The minimum absolute atomic E-state index is 0.0414. The minimum Gasteiger partial charge on any atom is -0.367 e. The van der Waals surface area contributed by atoms with Gasteiger partial charge in [-0.05, 0) is 25.7 Å². The molecule has 0 aromatic carbocycles. The van der Waals surface area contributed by atoms with E-state index in [9.17, 15) is 18.0 Å². The van der Waals surface area contributed by atoms with E-state index < -0.39 is 12.2 Å². The number of anilines is 1. The van der Waals surface area contributed by atoms with Gasteiger partial charge >= 0.3 is 6.18 Å². The second-order valence-electron chi connectivity index (χ2n) is 6.97. The first-order valence-electron chi connectivity index (χ1n) is 9.00. The first-order valence-corrected chi connectivity index (χ1v) is 9.94. The van der Waals surface area contributed by atoms with Gasteiger partial charge in [0.1, 0.15) is 11.5 Å². The number of amides is 1. The summed E-state index contributed by atoms with van der Waals surface area (Å²) < 4.78 is 41.7. The summed E-state index contributed by atoms with van der Waals surface area (Å²) in [4.78, 5) is 18.4. The molecule has 2 aliphatic heterocycles. The molecule has 0 radical (unpaired) electrons. The molecule has 0 saturated carbocycles. The van der Waals surface area contributed by atoms with Crippen molar-refractivity contribution < 1.29 is 18.0 Å². The molecule has 6 nitrogen and oxygen atoms in total. The van der Waals surface area contributed by atoms with Crippen LogP contribution in [0.25, 0.3) is 0 Å². The smallest absolute Gasteiger partial charge is 0.367 e. The molecular weight excluding hydrogens is 379 g/mol. The van der Waals surface area contributed by atoms with Crippen LogP contribution < -0.4 is 5.32 Å². The van der Waals surface area contributed by atoms with Crippen molar-refractivity contribution in [1.29, 1.82) is 0 Å². The van der Waals surface area contributed by atoms with Gasteiger partial charge in [0.05, 0.1) is 17.2 Å². The highest BCUT2D eigenvalue weighted by Gasteiger charge is 2.46. The number of fused-ring (bicyclic) bond motifs is 1. The molecule has 27 heavy (non-hydrogen) atoms. The van der Waals surface area contributed by atoms with Gasteiger partial charge in [-0.2, -0.15) is 18.3 Å². The average Bonchev–Trinajstić information content (AvgIpc) is 3.38. The van der Waals surface area contributed by atoms with Crippen LogP contribution in [-0.4, -0.2) is 44.3 Å². The molecule has 0 bridgehead atoms. The van der Waals surface area contributed by atoms with E-state index in [1.807, 2.05) is 6.92 Å². The second kappa shape index (κ2) is 6.81. The van der Waals surface area contributed by atoms with Crippen molar-refractivity contribution in [3.63, 3.8) is 0 Å². The number of likely N-dealkylation sites (tertiary alicyclic amines) is 1. The quantitative estimate of drug-likeness (QED) is 0.847. The predicted molar refractivity (Wildman–Crippen MR) is 94.8 cm³/mol. The van der Waals surface area contributed by atoms with Crippen molar-refractivity contribution in [3.8, 4) is 0 Å². The van der Waals surface area contributed by atoms with E-state index in [0.29, 0.717) is 36.6 Å². The van der Waals surface area contributed by atoms with Gasteiger partial charge in [0.25, 0.3) is 5.91 Å². The number of rotatable bonds is 3. The average molecular weight is 399 g/mol. The van der Waals surface area contributed by atoms with E-state index in [0.717, 1.165) is 11.1 Å². The summed E-state index contributed by atoms with van der Waals surface area (Å²) in [5.74, 6) is 0.176. The molecule has 4 rings (SSSR count). The third-order valence-corrected chi connectivity index (χ3v) is 5.87. The number of carbonyl (C=O) groups is 1. The number of aromatic nitrogens is 3. The van der Waals surface area contributed by atoms with E-state index in [1.54, 1.807) is 21.9 Å². The van der Waals surface area contributed by atoms with Gasteiger partial charge in [-0.1, -0.05) is 6.92 Å². The number of nitrogens with zero attached hydrogens (tertiary/aromatic N) is 4. The lowest BCUT2D eigenvalue weighted by Gasteiger charge is -2.32. The lowest BCUT2D eigenvalue weighted by molar-refractivity contribution is -0.173. The molecular formula is C17H20F3N5OS. The highest BCUT2D eigenvalue weighted by Crippen LogP contribution is 2.42. The number of hydrogen-bond donors (Lipinski definition) is 1. The van der Waals surface area contributed by atoms with E-state index in [4.69, 9.17) is 0 Å². The summed E-state index contributed by atoms with van der Waals surface area (Å²) >= 11 is 1.34. The highest BCUT2D eigenvalue weighted by atomic mass is 32.1. The van der Waals surface area contributed by atoms with Crippen LogP contribution in [0, 0.1) is 0 Å².